The van der Waals surface area contributed by atoms with Gasteiger partial charge in [-0.3, -0.25) is 4.79 Å². The number of hydrogen-bond donors (Lipinski definition) is 0. The van der Waals surface area contributed by atoms with Gasteiger partial charge in [0.2, 0.25) is 5.91 Å². The van der Waals surface area contributed by atoms with Crippen LogP contribution in [0.25, 0.3) is 0 Å². The number of hydrogen-bond acceptors (Lipinski definition) is 4. The monoisotopic (exact) mass is 375 g/mol. The molecule has 2 heterocycles. The number of carbonyl (C=O) groups is 1. The Hall–Kier alpha value is -2.01. The highest BCUT2D eigenvalue weighted by atomic mass is 35.5. The molecule has 0 aliphatic carbocycles. The van der Waals surface area contributed by atoms with Crippen LogP contribution in [0.15, 0.2) is 28.7 Å². The number of aromatic nitrogens is 1. The van der Waals surface area contributed by atoms with E-state index >= 15 is 0 Å². The Morgan fingerprint density at radius 3 is 2.50 bits per heavy atom. The molecule has 140 valence electrons. The summed E-state index contributed by atoms with van der Waals surface area (Å²) >= 11 is 6.07. The van der Waals surface area contributed by atoms with Gasteiger partial charge in [-0.2, -0.15) is 0 Å². The van der Waals surface area contributed by atoms with E-state index in [9.17, 15) is 4.79 Å². The molecule has 26 heavy (non-hydrogen) atoms. The molecule has 1 saturated heterocycles. The molecule has 1 aliphatic rings. The predicted octanol–water partition coefficient (Wildman–Crippen LogP) is 3.83. The molecule has 6 heteroatoms. The van der Waals surface area contributed by atoms with E-state index in [2.05, 4.69) is 36.7 Å². The summed E-state index contributed by atoms with van der Waals surface area (Å²) in [6.45, 7) is 11.1. The number of rotatable bonds is 3. The second-order valence-electron chi connectivity index (χ2n) is 7.80. The number of piperazine rings is 1. The van der Waals surface area contributed by atoms with Crippen LogP contribution in [-0.4, -0.2) is 42.0 Å². The minimum Gasteiger partial charge on any atom is -0.444 e. The lowest BCUT2D eigenvalue weighted by Crippen LogP contribution is -2.49. The highest BCUT2D eigenvalue weighted by molar-refractivity contribution is 6.30. The molecule has 1 amide bonds. The number of nitrogens with zero attached hydrogens (tertiary/aromatic N) is 3. The van der Waals surface area contributed by atoms with Gasteiger partial charge in [0.15, 0.2) is 5.89 Å². The maximum absolute atomic E-state index is 12.7. The molecular weight excluding hydrogens is 350 g/mol. The summed E-state index contributed by atoms with van der Waals surface area (Å²) in [6.07, 6.45) is 0.270. The Kier molecular flexibility index (Phi) is 5.28. The number of anilines is 1. The van der Waals surface area contributed by atoms with Crippen LogP contribution in [0.2, 0.25) is 5.02 Å². The van der Waals surface area contributed by atoms with Gasteiger partial charge in [0.1, 0.15) is 5.76 Å². The summed E-state index contributed by atoms with van der Waals surface area (Å²) in [6, 6.07) is 7.84. The van der Waals surface area contributed by atoms with Crippen LogP contribution in [0, 0.1) is 6.92 Å². The van der Waals surface area contributed by atoms with Crippen LogP contribution in [0.1, 0.15) is 38.1 Å². The standard InChI is InChI=1S/C20H26ClN3O2/c1-14-17(26-19(22-14)20(2,3)4)13-18(25)24-10-8-23(9-11-24)16-7-5-6-15(21)12-16/h5-7,12H,8-11,13H2,1-4H3. The molecule has 1 aromatic heterocycles. The zero-order chi connectivity index (χ0) is 18.9. The largest absolute Gasteiger partial charge is 0.444 e. The maximum Gasteiger partial charge on any atom is 0.230 e. The van der Waals surface area contributed by atoms with Gasteiger partial charge in [0, 0.05) is 42.3 Å². The molecule has 0 N–H and O–H groups in total. The average molecular weight is 376 g/mol. The van der Waals surface area contributed by atoms with Gasteiger partial charge < -0.3 is 14.2 Å². The second kappa shape index (κ2) is 7.31. The molecule has 0 saturated carbocycles. The van der Waals surface area contributed by atoms with E-state index in [1.807, 2.05) is 30.0 Å². The van der Waals surface area contributed by atoms with Crippen molar-refractivity contribution in [1.29, 1.82) is 0 Å². The SMILES string of the molecule is Cc1nc(C(C)(C)C)oc1CC(=O)N1CCN(c2cccc(Cl)c2)CC1. The maximum atomic E-state index is 12.7. The number of oxazole rings is 1. The summed E-state index contributed by atoms with van der Waals surface area (Å²) in [5.74, 6) is 1.45. The van der Waals surface area contributed by atoms with E-state index in [4.69, 9.17) is 16.0 Å². The van der Waals surface area contributed by atoms with Crippen LogP contribution >= 0.6 is 11.6 Å². The topological polar surface area (TPSA) is 49.6 Å². The minimum absolute atomic E-state index is 0.0930. The zero-order valence-electron chi connectivity index (χ0n) is 15.9. The van der Waals surface area contributed by atoms with Crippen molar-refractivity contribution in [3.8, 4) is 0 Å². The van der Waals surface area contributed by atoms with Crippen molar-refractivity contribution in [2.24, 2.45) is 0 Å². The first kappa shape index (κ1) is 18.8. The van der Waals surface area contributed by atoms with Gasteiger partial charge >= 0.3 is 0 Å². The summed E-state index contributed by atoms with van der Waals surface area (Å²) < 4.78 is 5.86. The molecule has 0 bridgehead atoms. The molecular formula is C20H26ClN3O2. The van der Waals surface area contributed by atoms with Crippen molar-refractivity contribution in [2.75, 3.05) is 31.1 Å². The Bertz CT molecular complexity index is 787. The molecule has 3 rings (SSSR count). The highest BCUT2D eigenvalue weighted by Gasteiger charge is 2.26. The van der Waals surface area contributed by atoms with Gasteiger partial charge in [0.25, 0.3) is 0 Å². The van der Waals surface area contributed by atoms with Crippen molar-refractivity contribution in [3.63, 3.8) is 0 Å². The molecule has 0 spiro atoms. The first-order valence-corrected chi connectivity index (χ1v) is 9.37. The Balaban J connectivity index is 1.60. The minimum atomic E-state index is -0.158. The smallest absolute Gasteiger partial charge is 0.230 e. The normalized spacial score (nSPS) is 15.4. The molecule has 0 radical (unpaired) electrons. The molecule has 1 aliphatic heterocycles. The van der Waals surface area contributed by atoms with Gasteiger partial charge in [-0.05, 0) is 25.1 Å². The van der Waals surface area contributed by atoms with Crippen LogP contribution in [0.4, 0.5) is 5.69 Å². The fourth-order valence-corrected chi connectivity index (χ4v) is 3.23. The first-order valence-electron chi connectivity index (χ1n) is 8.99. The summed E-state index contributed by atoms with van der Waals surface area (Å²) in [5.41, 5.74) is 1.75. The summed E-state index contributed by atoms with van der Waals surface area (Å²) in [7, 11) is 0. The molecule has 0 unspecified atom stereocenters. The van der Waals surface area contributed by atoms with Crippen molar-refractivity contribution in [1.82, 2.24) is 9.88 Å². The fourth-order valence-electron chi connectivity index (χ4n) is 3.05. The molecule has 1 aromatic carbocycles. The number of benzene rings is 1. The molecule has 5 nitrogen and oxygen atoms in total. The number of aryl methyl sites for hydroxylation is 1. The van der Waals surface area contributed by atoms with Gasteiger partial charge in [-0.15, -0.1) is 0 Å². The lowest BCUT2D eigenvalue weighted by molar-refractivity contribution is -0.131. The van der Waals surface area contributed by atoms with Crippen molar-refractivity contribution < 1.29 is 9.21 Å². The number of carbonyl (C=O) groups excluding carboxylic acids is 1. The van der Waals surface area contributed by atoms with Crippen LogP contribution in [0.5, 0.6) is 0 Å². The highest BCUT2D eigenvalue weighted by Crippen LogP contribution is 2.25. The van der Waals surface area contributed by atoms with Crippen LogP contribution in [0.3, 0.4) is 0 Å². The van der Waals surface area contributed by atoms with E-state index in [0.717, 1.165) is 29.5 Å². The third-order valence-electron chi connectivity index (χ3n) is 4.65. The zero-order valence-corrected chi connectivity index (χ0v) is 16.6. The van der Waals surface area contributed by atoms with Crippen LogP contribution in [-0.2, 0) is 16.6 Å². The average Bonchev–Trinajstić information content (AvgIpc) is 2.96. The van der Waals surface area contributed by atoms with E-state index in [1.54, 1.807) is 0 Å². The van der Waals surface area contributed by atoms with Crippen molar-refractivity contribution >= 4 is 23.2 Å². The van der Waals surface area contributed by atoms with Gasteiger partial charge in [-0.25, -0.2) is 4.98 Å². The van der Waals surface area contributed by atoms with E-state index in [0.29, 0.717) is 24.7 Å². The van der Waals surface area contributed by atoms with Gasteiger partial charge in [-0.1, -0.05) is 38.4 Å². The van der Waals surface area contributed by atoms with Crippen LogP contribution < -0.4 is 4.90 Å². The van der Waals surface area contributed by atoms with E-state index < -0.39 is 0 Å². The quantitative estimate of drug-likeness (QED) is 0.818. The molecule has 1 fully saturated rings. The third kappa shape index (κ3) is 4.21. The predicted molar refractivity (Wildman–Crippen MR) is 104 cm³/mol. The van der Waals surface area contributed by atoms with Crippen molar-refractivity contribution in [2.45, 2.75) is 39.5 Å². The molecule has 0 atom stereocenters. The Morgan fingerprint density at radius 2 is 1.92 bits per heavy atom. The van der Waals surface area contributed by atoms with Crippen molar-refractivity contribution in [3.05, 3.63) is 46.6 Å². The summed E-state index contributed by atoms with van der Waals surface area (Å²) in [5, 5.41) is 0.733. The van der Waals surface area contributed by atoms with E-state index in [-0.39, 0.29) is 17.7 Å². The first-order chi connectivity index (χ1) is 12.2. The lowest BCUT2D eigenvalue weighted by atomic mass is 9.97. The molecule has 2 aromatic rings. The number of halogens is 1. The lowest BCUT2D eigenvalue weighted by Gasteiger charge is -2.36. The fraction of sp³-hybridized carbons (Fsp3) is 0.500. The number of amides is 1. The third-order valence-corrected chi connectivity index (χ3v) is 4.89. The van der Waals surface area contributed by atoms with Gasteiger partial charge in [0.05, 0.1) is 12.1 Å². The summed E-state index contributed by atoms with van der Waals surface area (Å²) in [4.78, 5) is 21.3. The second-order valence-corrected chi connectivity index (χ2v) is 8.24. The Morgan fingerprint density at radius 1 is 1.23 bits per heavy atom. The Labute approximate surface area is 159 Å². The van der Waals surface area contributed by atoms with E-state index in [1.165, 1.54) is 0 Å².